The second-order valence-electron chi connectivity index (χ2n) is 5.86. The highest BCUT2D eigenvalue weighted by molar-refractivity contribution is 9.10. The van der Waals surface area contributed by atoms with Crippen LogP contribution in [0.1, 0.15) is 10.4 Å². The second-order valence-corrected chi connectivity index (χ2v) is 6.78. The monoisotopic (exact) mass is 390 g/mol. The van der Waals surface area contributed by atoms with Crippen molar-refractivity contribution in [3.8, 4) is 5.75 Å². The summed E-state index contributed by atoms with van der Waals surface area (Å²) in [6, 6.07) is 25.7. The van der Waals surface area contributed by atoms with E-state index in [2.05, 4.69) is 34.1 Å². The topological polar surface area (TPSA) is 26.3 Å². The quantitative estimate of drug-likeness (QED) is 0.314. The number of benzene rings is 4. The molecule has 0 aliphatic carbocycles. The van der Waals surface area contributed by atoms with Crippen LogP contribution in [0, 0.1) is 0 Å². The zero-order chi connectivity index (χ0) is 17.2. The van der Waals surface area contributed by atoms with Gasteiger partial charge in [-0.2, -0.15) is 0 Å². The molecule has 122 valence electrons. The van der Waals surface area contributed by atoms with Crippen molar-refractivity contribution < 1.29 is 9.53 Å². The number of ether oxygens (including phenoxy) is 1. The largest absolute Gasteiger partial charge is 0.485 e. The fourth-order valence-corrected chi connectivity index (χ4v) is 3.27. The number of rotatable bonds is 4. The van der Waals surface area contributed by atoms with Gasteiger partial charge in [0.15, 0.2) is 12.4 Å². The molecule has 0 atom stereocenters. The lowest BCUT2D eigenvalue weighted by atomic mass is 10.0. The molecule has 0 radical (unpaired) electrons. The SMILES string of the molecule is O=C(COc1cc2ccccc2c2ccccc12)c1ccc(Br)cc1. The van der Waals surface area contributed by atoms with Gasteiger partial charge >= 0.3 is 0 Å². The second kappa shape index (κ2) is 6.69. The summed E-state index contributed by atoms with van der Waals surface area (Å²) >= 11 is 3.38. The zero-order valence-electron chi connectivity index (χ0n) is 13.4. The highest BCUT2D eigenvalue weighted by atomic mass is 79.9. The normalized spacial score (nSPS) is 10.9. The molecule has 0 bridgehead atoms. The van der Waals surface area contributed by atoms with Crippen LogP contribution in [0.4, 0.5) is 0 Å². The Morgan fingerprint density at radius 1 is 0.800 bits per heavy atom. The molecule has 0 fully saturated rings. The molecule has 3 heteroatoms. The number of fused-ring (bicyclic) bond motifs is 3. The van der Waals surface area contributed by atoms with Crippen molar-refractivity contribution in [1.29, 1.82) is 0 Å². The first kappa shape index (κ1) is 15.9. The van der Waals surface area contributed by atoms with E-state index in [1.54, 1.807) is 12.1 Å². The summed E-state index contributed by atoms with van der Waals surface area (Å²) in [5, 5.41) is 4.44. The van der Waals surface area contributed by atoms with E-state index in [1.807, 2.05) is 48.5 Å². The molecule has 0 unspecified atom stereocenters. The summed E-state index contributed by atoms with van der Waals surface area (Å²) in [4.78, 5) is 12.4. The van der Waals surface area contributed by atoms with Crippen LogP contribution in [0.3, 0.4) is 0 Å². The van der Waals surface area contributed by atoms with Crippen molar-refractivity contribution >= 4 is 43.3 Å². The number of halogens is 1. The maximum atomic E-state index is 12.4. The van der Waals surface area contributed by atoms with Gasteiger partial charge in [0.1, 0.15) is 5.75 Å². The van der Waals surface area contributed by atoms with Gasteiger partial charge in [0.25, 0.3) is 0 Å². The molecule has 0 saturated carbocycles. The molecule has 4 aromatic carbocycles. The average Bonchev–Trinajstić information content (AvgIpc) is 2.66. The molecule has 0 heterocycles. The van der Waals surface area contributed by atoms with Crippen molar-refractivity contribution in [2.45, 2.75) is 0 Å². The van der Waals surface area contributed by atoms with Crippen LogP contribution in [0.5, 0.6) is 5.75 Å². The van der Waals surface area contributed by atoms with Crippen LogP contribution in [0.15, 0.2) is 83.3 Å². The third-order valence-electron chi connectivity index (χ3n) is 4.26. The number of Topliss-reactive ketones (excluding diaryl/α,β-unsaturated/α-hetero) is 1. The highest BCUT2D eigenvalue weighted by Crippen LogP contribution is 2.33. The molecule has 0 aliphatic rings. The molecular formula is C22H15BrO2. The summed E-state index contributed by atoms with van der Waals surface area (Å²) in [6.07, 6.45) is 0. The fourth-order valence-electron chi connectivity index (χ4n) is 3.00. The molecule has 0 aromatic heterocycles. The van der Waals surface area contributed by atoms with Crippen LogP contribution in [-0.2, 0) is 0 Å². The molecule has 0 saturated heterocycles. The number of hydrogen-bond acceptors (Lipinski definition) is 2. The van der Waals surface area contributed by atoms with Crippen LogP contribution in [-0.4, -0.2) is 12.4 Å². The van der Waals surface area contributed by atoms with Gasteiger partial charge in [0, 0.05) is 15.4 Å². The van der Waals surface area contributed by atoms with Crippen molar-refractivity contribution in [3.63, 3.8) is 0 Å². The van der Waals surface area contributed by atoms with Gasteiger partial charge in [-0.1, -0.05) is 76.6 Å². The molecule has 0 amide bonds. The van der Waals surface area contributed by atoms with Crippen LogP contribution >= 0.6 is 15.9 Å². The van der Waals surface area contributed by atoms with E-state index in [4.69, 9.17) is 4.74 Å². The van der Waals surface area contributed by atoms with Gasteiger partial charge in [-0.05, 0) is 34.4 Å². The minimum atomic E-state index is -0.0373. The van der Waals surface area contributed by atoms with Gasteiger partial charge in [-0.15, -0.1) is 0 Å². The van der Waals surface area contributed by atoms with E-state index in [9.17, 15) is 4.79 Å². The molecule has 0 N–H and O–H groups in total. The Balaban J connectivity index is 1.68. The lowest BCUT2D eigenvalue weighted by molar-refractivity contribution is 0.0922. The Bertz CT molecular complexity index is 1070. The molecule has 0 aliphatic heterocycles. The summed E-state index contributed by atoms with van der Waals surface area (Å²) < 4.78 is 6.86. The van der Waals surface area contributed by atoms with E-state index in [0.717, 1.165) is 26.4 Å². The van der Waals surface area contributed by atoms with Crippen LogP contribution in [0.2, 0.25) is 0 Å². The van der Waals surface area contributed by atoms with Crippen LogP contribution < -0.4 is 4.74 Å². The first-order chi connectivity index (χ1) is 12.2. The van der Waals surface area contributed by atoms with E-state index in [1.165, 1.54) is 5.39 Å². The van der Waals surface area contributed by atoms with Gasteiger partial charge in [0.05, 0.1) is 0 Å². The van der Waals surface area contributed by atoms with Crippen LogP contribution in [0.25, 0.3) is 21.5 Å². The van der Waals surface area contributed by atoms with Crippen molar-refractivity contribution in [2.24, 2.45) is 0 Å². The number of hydrogen-bond donors (Lipinski definition) is 0. The smallest absolute Gasteiger partial charge is 0.200 e. The molecule has 25 heavy (non-hydrogen) atoms. The molecule has 2 nitrogen and oxygen atoms in total. The zero-order valence-corrected chi connectivity index (χ0v) is 15.0. The number of carbonyl (C=O) groups excluding carboxylic acids is 1. The van der Waals surface area contributed by atoms with Gasteiger partial charge in [-0.3, -0.25) is 4.79 Å². The molecule has 0 spiro atoms. The lowest BCUT2D eigenvalue weighted by Gasteiger charge is -2.12. The first-order valence-corrected chi connectivity index (χ1v) is 8.84. The third kappa shape index (κ3) is 3.15. The van der Waals surface area contributed by atoms with E-state index >= 15 is 0 Å². The van der Waals surface area contributed by atoms with Crippen molar-refractivity contribution in [2.75, 3.05) is 6.61 Å². The summed E-state index contributed by atoms with van der Waals surface area (Å²) in [5.74, 6) is 0.699. The maximum Gasteiger partial charge on any atom is 0.200 e. The van der Waals surface area contributed by atoms with Crippen molar-refractivity contribution in [3.05, 3.63) is 88.9 Å². The van der Waals surface area contributed by atoms with Gasteiger partial charge in [0.2, 0.25) is 0 Å². The average molecular weight is 391 g/mol. The Morgan fingerprint density at radius 3 is 2.20 bits per heavy atom. The Labute approximate surface area is 154 Å². The van der Waals surface area contributed by atoms with E-state index < -0.39 is 0 Å². The first-order valence-electron chi connectivity index (χ1n) is 8.04. The third-order valence-corrected chi connectivity index (χ3v) is 4.78. The standard InChI is InChI=1S/C22H15BrO2/c23-17-11-9-15(10-12-17)21(24)14-25-22-13-16-5-1-2-6-18(16)19-7-3-4-8-20(19)22/h1-13H,14H2. The van der Waals surface area contributed by atoms with Gasteiger partial charge < -0.3 is 4.74 Å². The van der Waals surface area contributed by atoms with Crippen molar-refractivity contribution in [1.82, 2.24) is 0 Å². The fraction of sp³-hybridized carbons (Fsp3) is 0.0455. The summed E-state index contributed by atoms with van der Waals surface area (Å²) in [7, 11) is 0. The Morgan fingerprint density at radius 2 is 1.44 bits per heavy atom. The van der Waals surface area contributed by atoms with E-state index in [0.29, 0.717) is 5.56 Å². The summed E-state index contributed by atoms with van der Waals surface area (Å²) in [6.45, 7) is 0.0178. The Hall–Kier alpha value is -2.65. The maximum absolute atomic E-state index is 12.4. The predicted molar refractivity (Wildman–Crippen MR) is 105 cm³/mol. The molecular weight excluding hydrogens is 376 g/mol. The minimum absolute atomic E-state index is 0.0178. The number of ketones is 1. The molecule has 4 rings (SSSR count). The lowest BCUT2D eigenvalue weighted by Crippen LogP contribution is -2.11. The predicted octanol–water partition coefficient (Wildman–Crippen LogP) is 6.02. The Kier molecular flexibility index (Phi) is 4.24. The van der Waals surface area contributed by atoms with Gasteiger partial charge in [-0.25, -0.2) is 0 Å². The highest BCUT2D eigenvalue weighted by Gasteiger charge is 2.10. The number of carbonyl (C=O) groups is 1. The minimum Gasteiger partial charge on any atom is -0.485 e. The summed E-state index contributed by atoms with van der Waals surface area (Å²) in [5.41, 5.74) is 0.647. The molecule has 4 aromatic rings. The van der Waals surface area contributed by atoms with E-state index in [-0.39, 0.29) is 12.4 Å².